The lowest BCUT2D eigenvalue weighted by Gasteiger charge is -1.99. The highest BCUT2D eigenvalue weighted by Crippen LogP contribution is 2.24. The SMILES string of the molecule is OCc1ccc(Cc2nc3c(-c4cncs4)nccn3n2)cc1. The molecule has 0 aliphatic rings. The number of benzene rings is 1. The summed E-state index contributed by atoms with van der Waals surface area (Å²) >= 11 is 1.53. The molecule has 0 aliphatic carbocycles. The number of fused-ring (bicyclic) bond motifs is 1. The van der Waals surface area contributed by atoms with Crippen LogP contribution in [0, 0.1) is 0 Å². The smallest absolute Gasteiger partial charge is 0.182 e. The van der Waals surface area contributed by atoms with E-state index in [1.807, 2.05) is 24.3 Å². The van der Waals surface area contributed by atoms with Gasteiger partial charge in [0.1, 0.15) is 5.69 Å². The number of aliphatic hydroxyl groups excluding tert-OH is 1. The van der Waals surface area contributed by atoms with E-state index in [1.54, 1.807) is 28.6 Å². The molecule has 3 aromatic heterocycles. The minimum atomic E-state index is 0.0524. The molecule has 0 saturated carbocycles. The van der Waals surface area contributed by atoms with E-state index in [2.05, 4.69) is 20.1 Å². The molecule has 4 rings (SSSR count). The minimum Gasteiger partial charge on any atom is -0.392 e. The average Bonchev–Trinajstić information content (AvgIpc) is 3.24. The standard InChI is InChI=1S/C16H13N5OS/c22-9-12-3-1-11(2-4-12)7-14-19-16-15(13-8-17-10-23-13)18-5-6-21(16)20-14/h1-6,8,10,22H,7,9H2. The van der Waals surface area contributed by atoms with Gasteiger partial charge in [-0.25, -0.2) is 14.5 Å². The maximum absolute atomic E-state index is 9.10. The van der Waals surface area contributed by atoms with Crippen molar-refractivity contribution in [3.63, 3.8) is 0 Å². The van der Waals surface area contributed by atoms with Crippen LogP contribution in [-0.4, -0.2) is 29.7 Å². The lowest BCUT2D eigenvalue weighted by atomic mass is 10.1. The van der Waals surface area contributed by atoms with Gasteiger partial charge in [-0.2, -0.15) is 5.10 Å². The maximum atomic E-state index is 9.10. The van der Waals surface area contributed by atoms with Gasteiger partial charge in [0.15, 0.2) is 11.5 Å². The van der Waals surface area contributed by atoms with E-state index in [1.165, 1.54) is 11.3 Å². The number of aliphatic hydroxyl groups is 1. The van der Waals surface area contributed by atoms with Crippen molar-refractivity contribution < 1.29 is 5.11 Å². The fourth-order valence-corrected chi connectivity index (χ4v) is 3.00. The summed E-state index contributed by atoms with van der Waals surface area (Å²) in [6, 6.07) is 7.80. The van der Waals surface area contributed by atoms with Crippen molar-refractivity contribution in [3.05, 3.63) is 65.3 Å². The molecule has 1 aromatic carbocycles. The molecule has 1 N–H and O–H groups in total. The first-order valence-corrected chi connectivity index (χ1v) is 7.99. The summed E-state index contributed by atoms with van der Waals surface area (Å²) in [7, 11) is 0. The quantitative estimate of drug-likeness (QED) is 0.624. The third-order valence-electron chi connectivity index (χ3n) is 3.53. The molecule has 0 saturated heterocycles. The van der Waals surface area contributed by atoms with Gasteiger partial charge in [-0.3, -0.25) is 4.98 Å². The lowest BCUT2D eigenvalue weighted by Crippen LogP contribution is -1.93. The van der Waals surface area contributed by atoms with Crippen LogP contribution in [0.3, 0.4) is 0 Å². The molecular formula is C16H13N5OS. The summed E-state index contributed by atoms with van der Waals surface area (Å²) in [4.78, 5) is 14.1. The van der Waals surface area contributed by atoms with E-state index in [0.29, 0.717) is 6.42 Å². The first-order valence-electron chi connectivity index (χ1n) is 7.11. The molecule has 0 radical (unpaired) electrons. The summed E-state index contributed by atoms with van der Waals surface area (Å²) in [6.07, 6.45) is 5.94. The summed E-state index contributed by atoms with van der Waals surface area (Å²) in [5, 5.41) is 13.6. The highest BCUT2D eigenvalue weighted by molar-refractivity contribution is 7.13. The van der Waals surface area contributed by atoms with E-state index in [9.17, 15) is 0 Å². The Morgan fingerprint density at radius 3 is 2.70 bits per heavy atom. The van der Waals surface area contributed by atoms with Gasteiger partial charge in [-0.05, 0) is 11.1 Å². The van der Waals surface area contributed by atoms with Crippen molar-refractivity contribution in [2.45, 2.75) is 13.0 Å². The van der Waals surface area contributed by atoms with Crippen LogP contribution in [0.25, 0.3) is 16.2 Å². The number of nitrogens with zero attached hydrogens (tertiary/aromatic N) is 5. The fourth-order valence-electron chi connectivity index (χ4n) is 2.39. The Labute approximate surface area is 136 Å². The molecule has 7 heteroatoms. The van der Waals surface area contributed by atoms with Crippen LogP contribution in [0.1, 0.15) is 17.0 Å². The minimum absolute atomic E-state index is 0.0524. The van der Waals surface area contributed by atoms with Gasteiger partial charge in [0.05, 0.1) is 17.0 Å². The van der Waals surface area contributed by atoms with Crippen LogP contribution >= 0.6 is 11.3 Å². The normalized spacial score (nSPS) is 11.2. The molecule has 0 unspecified atom stereocenters. The number of aromatic nitrogens is 5. The summed E-state index contributed by atoms with van der Waals surface area (Å²) in [6.45, 7) is 0.0524. The first kappa shape index (κ1) is 14.0. The summed E-state index contributed by atoms with van der Waals surface area (Å²) in [5.41, 5.74) is 5.31. The second-order valence-corrected chi connectivity index (χ2v) is 5.98. The Bertz CT molecular complexity index is 931. The van der Waals surface area contributed by atoms with Crippen molar-refractivity contribution in [3.8, 4) is 10.6 Å². The van der Waals surface area contributed by atoms with Crippen LogP contribution < -0.4 is 0 Å². The highest BCUT2D eigenvalue weighted by Gasteiger charge is 2.12. The van der Waals surface area contributed by atoms with Crippen LogP contribution in [-0.2, 0) is 13.0 Å². The lowest BCUT2D eigenvalue weighted by molar-refractivity contribution is 0.282. The van der Waals surface area contributed by atoms with Crippen molar-refractivity contribution in [1.29, 1.82) is 0 Å². The maximum Gasteiger partial charge on any atom is 0.182 e. The zero-order valence-corrected chi connectivity index (χ0v) is 12.9. The van der Waals surface area contributed by atoms with Gasteiger partial charge in [-0.15, -0.1) is 11.3 Å². The van der Waals surface area contributed by atoms with Gasteiger partial charge >= 0.3 is 0 Å². The molecule has 23 heavy (non-hydrogen) atoms. The van der Waals surface area contributed by atoms with Gasteiger partial charge in [-0.1, -0.05) is 24.3 Å². The molecular weight excluding hydrogens is 310 g/mol. The molecule has 0 atom stereocenters. The molecule has 3 heterocycles. The molecule has 4 aromatic rings. The van der Waals surface area contributed by atoms with Crippen molar-refractivity contribution in [1.82, 2.24) is 24.6 Å². The van der Waals surface area contributed by atoms with Crippen LogP contribution in [0.5, 0.6) is 0 Å². The molecule has 0 fully saturated rings. The highest BCUT2D eigenvalue weighted by atomic mass is 32.1. The zero-order valence-electron chi connectivity index (χ0n) is 12.1. The number of hydrogen-bond donors (Lipinski definition) is 1. The van der Waals surface area contributed by atoms with E-state index < -0.39 is 0 Å². The van der Waals surface area contributed by atoms with Crippen molar-refractivity contribution in [2.75, 3.05) is 0 Å². The molecule has 6 nitrogen and oxygen atoms in total. The Balaban J connectivity index is 1.70. The van der Waals surface area contributed by atoms with Crippen LogP contribution in [0.4, 0.5) is 0 Å². The third-order valence-corrected chi connectivity index (χ3v) is 4.31. The zero-order chi connectivity index (χ0) is 15.6. The van der Waals surface area contributed by atoms with Crippen LogP contribution in [0.2, 0.25) is 0 Å². The second-order valence-electron chi connectivity index (χ2n) is 5.09. The van der Waals surface area contributed by atoms with E-state index >= 15 is 0 Å². The first-order chi connectivity index (χ1) is 11.3. The number of hydrogen-bond acceptors (Lipinski definition) is 6. The van der Waals surface area contributed by atoms with E-state index in [4.69, 9.17) is 5.11 Å². The van der Waals surface area contributed by atoms with Crippen molar-refractivity contribution in [2.24, 2.45) is 0 Å². The van der Waals surface area contributed by atoms with E-state index in [0.717, 1.165) is 33.2 Å². The molecule has 114 valence electrons. The molecule has 0 bridgehead atoms. The molecule has 0 amide bonds. The fraction of sp³-hybridized carbons (Fsp3) is 0.125. The third kappa shape index (κ3) is 2.71. The average molecular weight is 323 g/mol. The Morgan fingerprint density at radius 1 is 1.13 bits per heavy atom. The number of thiazole rings is 1. The van der Waals surface area contributed by atoms with E-state index in [-0.39, 0.29) is 6.61 Å². The predicted molar refractivity (Wildman–Crippen MR) is 87.1 cm³/mol. The molecule has 0 spiro atoms. The Kier molecular flexibility index (Phi) is 3.57. The van der Waals surface area contributed by atoms with Gasteiger partial charge in [0.25, 0.3) is 0 Å². The largest absolute Gasteiger partial charge is 0.392 e. The van der Waals surface area contributed by atoms with Gasteiger partial charge in [0.2, 0.25) is 0 Å². The van der Waals surface area contributed by atoms with Crippen LogP contribution in [0.15, 0.2) is 48.4 Å². The summed E-state index contributed by atoms with van der Waals surface area (Å²) in [5.74, 6) is 0.737. The second kappa shape index (κ2) is 5.86. The predicted octanol–water partition coefficient (Wildman–Crippen LogP) is 2.33. The number of rotatable bonds is 4. The summed E-state index contributed by atoms with van der Waals surface area (Å²) < 4.78 is 1.75. The topological polar surface area (TPSA) is 76.2 Å². The van der Waals surface area contributed by atoms with Gasteiger partial charge in [0, 0.05) is 25.0 Å². The van der Waals surface area contributed by atoms with Crippen molar-refractivity contribution >= 4 is 17.0 Å². The monoisotopic (exact) mass is 323 g/mol. The van der Waals surface area contributed by atoms with Gasteiger partial charge < -0.3 is 5.11 Å². The molecule has 0 aliphatic heterocycles. The Hall–Kier alpha value is -2.64. The Morgan fingerprint density at radius 2 is 1.96 bits per heavy atom.